The van der Waals surface area contributed by atoms with E-state index in [2.05, 4.69) is 11.2 Å². The van der Waals surface area contributed by atoms with Gasteiger partial charge in [-0.2, -0.15) is 10.4 Å². The summed E-state index contributed by atoms with van der Waals surface area (Å²) in [5.41, 5.74) is 5.02. The van der Waals surface area contributed by atoms with Crippen molar-refractivity contribution in [1.29, 1.82) is 5.26 Å². The molecule has 0 saturated carbocycles. The van der Waals surface area contributed by atoms with Gasteiger partial charge in [-0.05, 0) is 62.6 Å². The number of aromatic nitrogens is 2. The molecule has 34 heavy (non-hydrogen) atoms. The number of carbonyl (C=O) groups excluding carboxylic acids is 2. The molecule has 0 N–H and O–H groups in total. The largest absolute Gasteiger partial charge is 0.452 e. The predicted octanol–water partition coefficient (Wildman–Crippen LogP) is 4.92. The van der Waals surface area contributed by atoms with Gasteiger partial charge in [-0.25, -0.2) is 4.79 Å². The summed E-state index contributed by atoms with van der Waals surface area (Å²) in [6.07, 6.45) is 0.166. The monoisotopic (exact) mass is 478 g/mol. The standard InChI is InChI=1S/C26H27ClN4O3/c1-17-12-18(2)14-22(13-17)30(11-7-10-28)24(32)16-34-26(33)25-19(3)29-31(20(25)4)15-21-8-5-6-9-23(21)27/h5-6,8-9,12-14H,7,11,15-16H2,1-4H3. The summed E-state index contributed by atoms with van der Waals surface area (Å²) in [6.45, 7) is 7.57. The number of hydrogen-bond acceptors (Lipinski definition) is 5. The zero-order valence-electron chi connectivity index (χ0n) is 19.8. The fourth-order valence-electron chi connectivity index (χ4n) is 3.88. The molecule has 0 aliphatic carbocycles. The van der Waals surface area contributed by atoms with E-state index in [9.17, 15) is 9.59 Å². The maximum Gasteiger partial charge on any atom is 0.342 e. The quantitative estimate of drug-likeness (QED) is 0.428. The second-order valence-corrected chi connectivity index (χ2v) is 8.58. The minimum Gasteiger partial charge on any atom is -0.452 e. The van der Waals surface area contributed by atoms with E-state index in [0.29, 0.717) is 34.2 Å². The highest BCUT2D eigenvalue weighted by Gasteiger charge is 2.23. The Labute approximate surface area is 204 Å². The average molecular weight is 479 g/mol. The van der Waals surface area contributed by atoms with Gasteiger partial charge in [-0.3, -0.25) is 9.48 Å². The van der Waals surface area contributed by atoms with E-state index in [1.807, 2.05) is 50.2 Å². The number of benzene rings is 2. The molecule has 0 fully saturated rings. The van der Waals surface area contributed by atoms with Gasteiger partial charge >= 0.3 is 5.97 Å². The first-order chi connectivity index (χ1) is 16.2. The molecule has 8 heteroatoms. The van der Waals surface area contributed by atoms with Gasteiger partial charge in [0.05, 0.1) is 30.4 Å². The Morgan fingerprint density at radius 3 is 2.44 bits per heavy atom. The van der Waals surface area contributed by atoms with E-state index in [1.165, 1.54) is 4.90 Å². The molecule has 176 valence electrons. The van der Waals surface area contributed by atoms with Crippen LogP contribution in [0.2, 0.25) is 5.02 Å². The second-order valence-electron chi connectivity index (χ2n) is 8.17. The number of aryl methyl sites for hydroxylation is 3. The number of rotatable bonds is 8. The molecule has 1 heterocycles. The Balaban J connectivity index is 1.75. The van der Waals surface area contributed by atoms with Crippen molar-refractivity contribution < 1.29 is 14.3 Å². The van der Waals surface area contributed by atoms with Crippen LogP contribution in [0.15, 0.2) is 42.5 Å². The van der Waals surface area contributed by atoms with Crippen LogP contribution in [0.5, 0.6) is 0 Å². The van der Waals surface area contributed by atoms with Gasteiger partial charge < -0.3 is 9.64 Å². The molecule has 3 aromatic rings. The number of ether oxygens (including phenoxy) is 1. The van der Waals surface area contributed by atoms with Crippen LogP contribution in [0, 0.1) is 39.0 Å². The molecule has 0 unspecified atom stereocenters. The van der Waals surface area contributed by atoms with E-state index in [-0.39, 0.29) is 13.0 Å². The first-order valence-electron chi connectivity index (χ1n) is 10.9. The van der Waals surface area contributed by atoms with E-state index in [4.69, 9.17) is 21.6 Å². The lowest BCUT2D eigenvalue weighted by Gasteiger charge is -2.22. The molecule has 0 radical (unpaired) electrons. The smallest absolute Gasteiger partial charge is 0.342 e. The van der Waals surface area contributed by atoms with Gasteiger partial charge in [-0.1, -0.05) is 35.9 Å². The molecule has 1 amide bonds. The zero-order chi connectivity index (χ0) is 24.8. The Morgan fingerprint density at radius 2 is 1.79 bits per heavy atom. The van der Waals surface area contributed by atoms with Gasteiger partial charge in [0.25, 0.3) is 5.91 Å². The number of carbonyl (C=O) groups is 2. The van der Waals surface area contributed by atoms with E-state index >= 15 is 0 Å². The van der Waals surface area contributed by atoms with Crippen LogP contribution < -0.4 is 4.90 Å². The first kappa shape index (κ1) is 25.0. The van der Waals surface area contributed by atoms with Crippen molar-refractivity contribution in [3.63, 3.8) is 0 Å². The maximum absolute atomic E-state index is 13.0. The van der Waals surface area contributed by atoms with E-state index < -0.39 is 18.5 Å². The van der Waals surface area contributed by atoms with E-state index in [1.54, 1.807) is 24.6 Å². The van der Waals surface area contributed by atoms with Gasteiger partial charge in [-0.15, -0.1) is 0 Å². The molecule has 3 rings (SSSR count). The second kappa shape index (κ2) is 11.0. The Hall–Kier alpha value is -3.63. The van der Waals surface area contributed by atoms with Crippen molar-refractivity contribution in [2.75, 3.05) is 18.1 Å². The lowest BCUT2D eigenvalue weighted by atomic mass is 10.1. The highest BCUT2D eigenvalue weighted by molar-refractivity contribution is 6.31. The average Bonchev–Trinajstić information content (AvgIpc) is 3.06. The summed E-state index contributed by atoms with van der Waals surface area (Å²) in [6, 6.07) is 15.3. The molecular weight excluding hydrogens is 452 g/mol. The van der Waals surface area contributed by atoms with Crippen LogP contribution in [0.4, 0.5) is 5.69 Å². The summed E-state index contributed by atoms with van der Waals surface area (Å²) in [7, 11) is 0. The van der Waals surface area contributed by atoms with Crippen LogP contribution in [-0.4, -0.2) is 34.8 Å². The molecule has 0 saturated heterocycles. The maximum atomic E-state index is 13.0. The summed E-state index contributed by atoms with van der Waals surface area (Å²) in [5.74, 6) is -1.01. The summed E-state index contributed by atoms with van der Waals surface area (Å²) < 4.78 is 7.09. The molecular formula is C26H27ClN4O3. The van der Waals surface area contributed by atoms with Crippen molar-refractivity contribution in [2.45, 2.75) is 40.7 Å². The van der Waals surface area contributed by atoms with Crippen molar-refractivity contribution in [2.24, 2.45) is 0 Å². The van der Waals surface area contributed by atoms with Crippen molar-refractivity contribution in [3.05, 3.63) is 81.1 Å². The third-order valence-electron chi connectivity index (χ3n) is 5.46. The van der Waals surface area contributed by atoms with Crippen LogP contribution >= 0.6 is 11.6 Å². The molecule has 1 aromatic heterocycles. The minimum atomic E-state index is -0.616. The number of nitriles is 1. The SMILES string of the molecule is Cc1cc(C)cc(N(CCC#N)C(=O)COC(=O)c2c(C)nn(Cc3ccccc3Cl)c2C)c1. The minimum absolute atomic E-state index is 0.166. The highest BCUT2D eigenvalue weighted by Crippen LogP contribution is 2.22. The number of halogens is 1. The Morgan fingerprint density at radius 1 is 1.12 bits per heavy atom. The number of esters is 1. The van der Waals surface area contributed by atoms with Crippen molar-refractivity contribution in [3.8, 4) is 6.07 Å². The number of amides is 1. The normalized spacial score (nSPS) is 10.6. The third kappa shape index (κ3) is 5.83. The van der Waals surface area contributed by atoms with Crippen LogP contribution in [0.25, 0.3) is 0 Å². The lowest BCUT2D eigenvalue weighted by Crippen LogP contribution is -2.35. The van der Waals surface area contributed by atoms with Crippen LogP contribution in [0.1, 0.15) is 44.9 Å². The number of hydrogen-bond donors (Lipinski definition) is 0. The lowest BCUT2D eigenvalue weighted by molar-refractivity contribution is -0.121. The summed E-state index contributed by atoms with van der Waals surface area (Å²) in [5, 5.41) is 14.1. The molecule has 7 nitrogen and oxygen atoms in total. The summed E-state index contributed by atoms with van der Waals surface area (Å²) in [4.78, 5) is 27.3. The van der Waals surface area contributed by atoms with Crippen molar-refractivity contribution >= 4 is 29.2 Å². The summed E-state index contributed by atoms with van der Waals surface area (Å²) >= 11 is 6.26. The van der Waals surface area contributed by atoms with Crippen LogP contribution in [-0.2, 0) is 16.1 Å². The Kier molecular flexibility index (Phi) is 8.08. The number of nitrogens with zero attached hydrogens (tertiary/aromatic N) is 4. The van der Waals surface area contributed by atoms with Gasteiger partial charge in [0.2, 0.25) is 0 Å². The topological polar surface area (TPSA) is 88.2 Å². The molecule has 0 aliphatic rings. The zero-order valence-corrected chi connectivity index (χ0v) is 20.5. The molecule has 2 aromatic carbocycles. The Bertz CT molecular complexity index is 1240. The molecule has 0 atom stereocenters. The predicted molar refractivity (Wildman–Crippen MR) is 131 cm³/mol. The van der Waals surface area contributed by atoms with Crippen molar-refractivity contribution in [1.82, 2.24) is 9.78 Å². The fourth-order valence-corrected chi connectivity index (χ4v) is 4.07. The van der Waals surface area contributed by atoms with Gasteiger partial charge in [0.1, 0.15) is 5.56 Å². The molecule has 0 aliphatic heterocycles. The van der Waals surface area contributed by atoms with E-state index in [0.717, 1.165) is 16.7 Å². The van der Waals surface area contributed by atoms with Gasteiger partial charge in [0, 0.05) is 17.3 Å². The first-order valence-corrected chi connectivity index (χ1v) is 11.3. The van der Waals surface area contributed by atoms with Crippen LogP contribution in [0.3, 0.4) is 0 Å². The highest BCUT2D eigenvalue weighted by atomic mass is 35.5. The number of anilines is 1. The van der Waals surface area contributed by atoms with Gasteiger partial charge in [0.15, 0.2) is 6.61 Å². The molecule has 0 bridgehead atoms. The molecule has 0 spiro atoms. The fraction of sp³-hybridized carbons (Fsp3) is 0.308. The third-order valence-corrected chi connectivity index (χ3v) is 5.83.